The van der Waals surface area contributed by atoms with Gasteiger partial charge in [-0.3, -0.25) is 0 Å². The van der Waals surface area contributed by atoms with Crippen LogP contribution in [0.3, 0.4) is 0 Å². The minimum absolute atomic E-state index is 0.0369. The number of hydrogen-bond donors (Lipinski definition) is 0. The molecule has 0 bridgehead atoms. The van der Waals surface area contributed by atoms with Gasteiger partial charge < -0.3 is 24.1 Å². The summed E-state index contributed by atoms with van der Waals surface area (Å²) in [6.07, 6.45) is 3.77. The van der Waals surface area contributed by atoms with Gasteiger partial charge >= 0.3 is 11.9 Å². The summed E-state index contributed by atoms with van der Waals surface area (Å²) in [5.74, 6) is -1.85. The van der Waals surface area contributed by atoms with Crippen molar-refractivity contribution in [1.29, 1.82) is 0 Å². The fraction of sp³-hybridized carbons (Fsp3) is 0.282. The Morgan fingerprint density at radius 2 is 1.31 bits per heavy atom. The number of carbonyl (C=O) groups is 2. The molecule has 9 heteroatoms. The SMILES string of the molecule is O=C([OH2+])CCc1ccc(-c2ccc(F)cc2)n1CCc1ccc(-c2cc(CCC(=O)[OH2+])n(C[C@@H]3CCCO3)c2-c2ccc(F)cc2)cc1. The number of hydrogen-bond acceptors (Lipinski definition) is 3. The van der Waals surface area contributed by atoms with Gasteiger partial charge in [0.25, 0.3) is 0 Å². The van der Waals surface area contributed by atoms with Crippen LogP contribution in [0.1, 0.15) is 42.6 Å². The van der Waals surface area contributed by atoms with E-state index in [1.54, 1.807) is 24.3 Å². The number of ether oxygens (including phenoxy) is 1. The normalized spacial score (nSPS) is 14.4. The van der Waals surface area contributed by atoms with Crippen molar-refractivity contribution in [2.75, 3.05) is 6.61 Å². The highest BCUT2D eigenvalue weighted by atomic mass is 19.1. The van der Waals surface area contributed by atoms with Gasteiger partial charge in [-0.15, -0.1) is 0 Å². The Hall–Kier alpha value is -5.02. The van der Waals surface area contributed by atoms with Crippen LogP contribution < -0.4 is 0 Å². The lowest BCUT2D eigenvalue weighted by Crippen LogP contribution is -2.18. The van der Waals surface area contributed by atoms with E-state index in [2.05, 4.69) is 39.5 Å². The Balaban J connectivity index is 1.31. The lowest BCUT2D eigenvalue weighted by molar-refractivity contribution is -0.138. The Labute approximate surface area is 278 Å². The van der Waals surface area contributed by atoms with E-state index < -0.39 is 11.9 Å². The third-order valence-electron chi connectivity index (χ3n) is 9.03. The number of benzene rings is 3. The van der Waals surface area contributed by atoms with E-state index in [1.165, 1.54) is 24.3 Å². The minimum Gasteiger partial charge on any atom is -0.565 e. The molecule has 1 fully saturated rings. The van der Waals surface area contributed by atoms with E-state index in [0.717, 1.165) is 63.4 Å². The van der Waals surface area contributed by atoms with Gasteiger partial charge in [-0.25, -0.2) is 8.78 Å². The van der Waals surface area contributed by atoms with Gasteiger partial charge in [-0.05, 0) is 108 Å². The summed E-state index contributed by atoms with van der Waals surface area (Å²) >= 11 is 0. The van der Waals surface area contributed by atoms with Crippen LogP contribution >= 0.6 is 0 Å². The van der Waals surface area contributed by atoms with Crippen molar-refractivity contribution in [3.05, 3.63) is 120 Å². The first-order valence-electron chi connectivity index (χ1n) is 16.4. The predicted molar refractivity (Wildman–Crippen MR) is 182 cm³/mol. The summed E-state index contributed by atoms with van der Waals surface area (Å²) in [7, 11) is 0. The molecule has 3 heterocycles. The van der Waals surface area contributed by atoms with Crippen molar-refractivity contribution in [1.82, 2.24) is 9.13 Å². The van der Waals surface area contributed by atoms with Crippen molar-refractivity contribution in [2.45, 2.75) is 64.1 Å². The molecule has 0 amide bonds. The van der Waals surface area contributed by atoms with E-state index in [0.29, 0.717) is 39.0 Å². The highest BCUT2D eigenvalue weighted by molar-refractivity contribution is 5.83. The average molecular weight is 655 g/mol. The monoisotopic (exact) mass is 654 g/mol. The third-order valence-corrected chi connectivity index (χ3v) is 9.03. The number of rotatable bonds is 14. The molecule has 0 radical (unpaired) electrons. The molecule has 5 aromatic rings. The number of nitrogens with zero attached hydrogens (tertiary/aromatic N) is 2. The summed E-state index contributed by atoms with van der Waals surface area (Å²) < 4.78 is 38.0. The van der Waals surface area contributed by atoms with E-state index in [4.69, 9.17) is 14.9 Å². The van der Waals surface area contributed by atoms with Crippen LogP contribution in [-0.4, -0.2) is 44.0 Å². The van der Waals surface area contributed by atoms with Gasteiger partial charge in [-0.2, -0.15) is 0 Å². The molecule has 248 valence electrons. The van der Waals surface area contributed by atoms with Crippen LogP contribution in [0.2, 0.25) is 0 Å². The summed E-state index contributed by atoms with van der Waals surface area (Å²) in [4.78, 5) is 23.1. The molecular formula is C39H40F2N2O5+2. The maximum atomic E-state index is 14.0. The molecular weight excluding hydrogens is 614 g/mol. The minimum atomic E-state index is -0.617. The second-order valence-corrected chi connectivity index (χ2v) is 12.3. The Bertz CT molecular complexity index is 1870. The zero-order valence-electron chi connectivity index (χ0n) is 26.7. The lowest BCUT2D eigenvalue weighted by atomic mass is 9.99. The van der Waals surface area contributed by atoms with Crippen molar-refractivity contribution >= 4 is 11.9 Å². The summed E-state index contributed by atoms with van der Waals surface area (Å²) in [6.45, 7) is 1.95. The fourth-order valence-corrected chi connectivity index (χ4v) is 6.59. The zero-order valence-corrected chi connectivity index (χ0v) is 26.7. The summed E-state index contributed by atoms with van der Waals surface area (Å²) in [6, 6.07) is 27.2. The summed E-state index contributed by atoms with van der Waals surface area (Å²) in [5.41, 5.74) is 8.50. The Morgan fingerprint density at radius 3 is 1.92 bits per heavy atom. The second kappa shape index (κ2) is 14.8. The maximum Gasteiger partial charge on any atom is 0.516 e. The molecule has 1 atom stereocenters. The molecule has 7 nitrogen and oxygen atoms in total. The van der Waals surface area contributed by atoms with Crippen molar-refractivity contribution in [2.24, 2.45) is 0 Å². The van der Waals surface area contributed by atoms with Crippen LogP contribution in [0.15, 0.2) is 91.0 Å². The van der Waals surface area contributed by atoms with Crippen LogP contribution in [0.4, 0.5) is 8.78 Å². The van der Waals surface area contributed by atoms with Gasteiger partial charge in [0.1, 0.15) is 24.5 Å². The number of aryl methyl sites for hydroxylation is 3. The lowest BCUT2D eigenvalue weighted by Gasteiger charge is -2.18. The highest BCUT2D eigenvalue weighted by Crippen LogP contribution is 2.37. The molecule has 0 unspecified atom stereocenters. The molecule has 0 saturated carbocycles. The average Bonchev–Trinajstić information content (AvgIpc) is 3.82. The molecule has 1 aliphatic heterocycles. The molecule has 1 saturated heterocycles. The molecule has 3 aromatic carbocycles. The first-order chi connectivity index (χ1) is 23.2. The smallest absolute Gasteiger partial charge is 0.516 e. The molecule has 2 aromatic heterocycles. The van der Waals surface area contributed by atoms with Crippen molar-refractivity contribution in [3.63, 3.8) is 0 Å². The zero-order chi connectivity index (χ0) is 33.6. The van der Waals surface area contributed by atoms with Crippen LogP contribution in [-0.2, 0) is 46.7 Å². The van der Waals surface area contributed by atoms with Crippen LogP contribution in [0.25, 0.3) is 33.6 Å². The van der Waals surface area contributed by atoms with E-state index >= 15 is 0 Å². The number of aromatic nitrogens is 2. The Morgan fingerprint density at radius 1 is 0.708 bits per heavy atom. The standard InChI is InChI=1S/C39H38F2N2O5/c40-30-11-7-28(8-12-30)36-18-15-32(16-19-37(44)45)42(36)22-21-26-3-5-27(6-4-26)35-24-33(17-20-38(46)47)43(25-34-2-1-23-48-34)39(35)29-9-13-31(41)14-10-29/h3-15,18,24,34H,1-2,16-17,19-23,25H2,(H,44,45)(H,46,47)/p+2/t34-/m0/s1. The van der Waals surface area contributed by atoms with Gasteiger partial charge in [0.05, 0.1) is 11.8 Å². The fourth-order valence-electron chi connectivity index (χ4n) is 6.59. The molecule has 4 N–H and O–H groups in total. The van der Waals surface area contributed by atoms with Gasteiger partial charge in [0.2, 0.25) is 0 Å². The van der Waals surface area contributed by atoms with Gasteiger partial charge in [0.15, 0.2) is 0 Å². The van der Waals surface area contributed by atoms with Crippen molar-refractivity contribution < 1.29 is 33.3 Å². The molecule has 48 heavy (non-hydrogen) atoms. The van der Waals surface area contributed by atoms with Crippen molar-refractivity contribution in [3.8, 4) is 33.6 Å². The molecule has 0 spiro atoms. The Kier molecular flexibility index (Phi) is 10.2. The van der Waals surface area contributed by atoms with Crippen LogP contribution in [0, 0.1) is 11.6 Å². The van der Waals surface area contributed by atoms with Gasteiger partial charge in [0, 0.05) is 64.8 Å². The largest absolute Gasteiger partial charge is 0.565 e. The van der Waals surface area contributed by atoms with E-state index in [-0.39, 0.29) is 30.6 Å². The quantitative estimate of drug-likeness (QED) is 0.130. The first-order valence-corrected chi connectivity index (χ1v) is 16.4. The first kappa shape index (κ1) is 32.9. The topological polar surface area (TPSA) is 99.0 Å². The molecule has 6 rings (SSSR count). The van der Waals surface area contributed by atoms with E-state index in [1.807, 2.05) is 12.1 Å². The maximum absolute atomic E-state index is 14.0. The number of carbonyl (C=O) groups excluding carboxylic acids is 2. The highest BCUT2D eigenvalue weighted by Gasteiger charge is 2.24. The van der Waals surface area contributed by atoms with E-state index in [9.17, 15) is 18.4 Å². The summed E-state index contributed by atoms with van der Waals surface area (Å²) in [5, 5.41) is 14.9. The molecule has 1 aliphatic rings. The molecule has 0 aliphatic carbocycles. The van der Waals surface area contributed by atoms with Crippen LogP contribution in [0.5, 0.6) is 0 Å². The third kappa shape index (κ3) is 7.74. The van der Waals surface area contributed by atoms with Gasteiger partial charge in [-0.1, -0.05) is 24.3 Å². The predicted octanol–water partition coefficient (Wildman–Crippen LogP) is 6.36. The number of halogens is 2. The second-order valence-electron chi connectivity index (χ2n) is 12.3.